The normalized spacial score (nSPS) is 10.4. The lowest BCUT2D eigenvalue weighted by Gasteiger charge is -2.20. The second kappa shape index (κ2) is 14.4. The minimum Gasteiger partial charge on any atom is -0.478 e. The lowest BCUT2D eigenvalue weighted by Crippen LogP contribution is -2.30. The van der Waals surface area contributed by atoms with E-state index in [9.17, 15) is 44.1 Å². The van der Waals surface area contributed by atoms with E-state index in [1.54, 1.807) is 20.8 Å². The average Bonchev–Trinajstić information content (AvgIpc) is 2.81. The number of carbonyl (C=O) groups excluding carboxylic acids is 3. The second-order valence-corrected chi connectivity index (χ2v) is 7.63. The fourth-order valence-electron chi connectivity index (χ4n) is 3.15. The molecular formula is C24H30O12. The van der Waals surface area contributed by atoms with Gasteiger partial charge in [0.05, 0.1) is 53.2 Å². The van der Waals surface area contributed by atoms with Gasteiger partial charge in [0.25, 0.3) is 0 Å². The lowest BCUT2D eigenvalue weighted by molar-refractivity contribution is 0.0423. The van der Waals surface area contributed by atoms with Gasteiger partial charge >= 0.3 is 35.8 Å². The van der Waals surface area contributed by atoms with E-state index < -0.39 is 69.2 Å². The van der Waals surface area contributed by atoms with Crippen LogP contribution in [0.2, 0.25) is 0 Å². The molecule has 0 atom stereocenters. The van der Waals surface area contributed by atoms with Crippen molar-refractivity contribution in [3.05, 3.63) is 33.4 Å². The van der Waals surface area contributed by atoms with Crippen molar-refractivity contribution < 1.29 is 58.3 Å². The first-order chi connectivity index (χ1) is 17.0. The Labute approximate surface area is 207 Å². The zero-order chi connectivity index (χ0) is 27.4. The molecule has 1 rings (SSSR count). The summed E-state index contributed by atoms with van der Waals surface area (Å²) in [6.07, 6.45) is 2.83. The first-order valence-corrected chi connectivity index (χ1v) is 11.5. The van der Waals surface area contributed by atoms with Gasteiger partial charge in [0.1, 0.15) is 0 Å². The van der Waals surface area contributed by atoms with Gasteiger partial charge in [0, 0.05) is 0 Å². The summed E-state index contributed by atoms with van der Waals surface area (Å²) in [5.74, 6) is -10.3. The third kappa shape index (κ3) is 7.27. The summed E-state index contributed by atoms with van der Waals surface area (Å²) in [6.45, 7) is 4.72. The molecule has 0 radical (unpaired) electrons. The third-order valence-corrected chi connectivity index (χ3v) is 4.95. The highest BCUT2D eigenvalue weighted by atomic mass is 16.5. The zero-order valence-corrected chi connectivity index (χ0v) is 20.4. The van der Waals surface area contributed by atoms with Crippen molar-refractivity contribution in [3.63, 3.8) is 0 Å². The van der Waals surface area contributed by atoms with Gasteiger partial charge in [-0.2, -0.15) is 0 Å². The summed E-state index contributed by atoms with van der Waals surface area (Å²) < 4.78 is 15.2. The molecule has 1 aromatic rings. The van der Waals surface area contributed by atoms with Crippen LogP contribution in [0.3, 0.4) is 0 Å². The fourth-order valence-corrected chi connectivity index (χ4v) is 3.15. The van der Waals surface area contributed by atoms with Gasteiger partial charge in [-0.25, -0.2) is 28.8 Å². The summed E-state index contributed by atoms with van der Waals surface area (Å²) in [4.78, 5) is 75.5. The highest BCUT2D eigenvalue weighted by Gasteiger charge is 2.42. The minimum absolute atomic E-state index is 0.199. The van der Waals surface area contributed by atoms with E-state index in [4.69, 9.17) is 14.2 Å². The molecule has 0 aliphatic heterocycles. The molecule has 198 valence electrons. The standard InChI is InChI=1S/C24H30O12/c1-4-7-10-34-22(31)16-14(20(27)28)13(19(25)26)15(21(29)30)17(23(32)35-11-8-5-2)18(16)24(33)36-12-9-6-3/h4-12H2,1-3H3,(H,25,26)(H,27,28)(H,29,30). The highest BCUT2D eigenvalue weighted by molar-refractivity contribution is 6.23. The molecule has 3 N–H and O–H groups in total. The number of unbranched alkanes of at least 4 members (excludes halogenated alkanes) is 3. The summed E-state index contributed by atoms with van der Waals surface area (Å²) in [6, 6.07) is 0. The molecule has 0 spiro atoms. The highest BCUT2D eigenvalue weighted by Crippen LogP contribution is 2.32. The van der Waals surface area contributed by atoms with Crippen LogP contribution in [-0.4, -0.2) is 71.0 Å². The Morgan fingerprint density at radius 1 is 0.472 bits per heavy atom. The van der Waals surface area contributed by atoms with Crippen LogP contribution in [0, 0.1) is 0 Å². The largest absolute Gasteiger partial charge is 0.478 e. The van der Waals surface area contributed by atoms with Gasteiger partial charge in [-0.3, -0.25) is 0 Å². The monoisotopic (exact) mass is 510 g/mol. The number of rotatable bonds is 15. The topological polar surface area (TPSA) is 191 Å². The van der Waals surface area contributed by atoms with Gasteiger partial charge in [-0.1, -0.05) is 40.0 Å². The van der Waals surface area contributed by atoms with E-state index in [1.807, 2.05) is 0 Å². The van der Waals surface area contributed by atoms with Crippen molar-refractivity contribution in [2.75, 3.05) is 19.8 Å². The first-order valence-electron chi connectivity index (χ1n) is 11.5. The zero-order valence-electron chi connectivity index (χ0n) is 20.4. The average molecular weight is 510 g/mol. The van der Waals surface area contributed by atoms with Crippen LogP contribution in [0.4, 0.5) is 0 Å². The number of hydrogen-bond acceptors (Lipinski definition) is 9. The molecule has 0 saturated carbocycles. The van der Waals surface area contributed by atoms with E-state index in [-0.39, 0.29) is 19.8 Å². The van der Waals surface area contributed by atoms with Crippen LogP contribution in [-0.2, 0) is 14.2 Å². The van der Waals surface area contributed by atoms with Gasteiger partial charge in [-0.15, -0.1) is 0 Å². The van der Waals surface area contributed by atoms with Crippen LogP contribution >= 0.6 is 0 Å². The van der Waals surface area contributed by atoms with Crippen molar-refractivity contribution >= 4 is 35.8 Å². The Morgan fingerprint density at radius 2 is 0.694 bits per heavy atom. The molecule has 0 amide bonds. The predicted octanol–water partition coefficient (Wildman–Crippen LogP) is 3.65. The molecule has 0 aliphatic rings. The Hall–Kier alpha value is -3.96. The molecule has 0 aromatic heterocycles. The van der Waals surface area contributed by atoms with Crippen molar-refractivity contribution in [2.45, 2.75) is 59.3 Å². The number of benzene rings is 1. The SMILES string of the molecule is CCCCOC(=O)c1c(C(=O)O)c(C(=O)O)c(C(=O)O)c(C(=O)OCCCC)c1C(=O)OCCCC. The van der Waals surface area contributed by atoms with Crippen LogP contribution in [0.1, 0.15) is 121 Å². The van der Waals surface area contributed by atoms with E-state index >= 15 is 0 Å². The van der Waals surface area contributed by atoms with Gasteiger partial charge in [0.15, 0.2) is 0 Å². The number of aromatic carboxylic acids is 3. The van der Waals surface area contributed by atoms with Crippen LogP contribution < -0.4 is 0 Å². The van der Waals surface area contributed by atoms with E-state index in [0.717, 1.165) is 0 Å². The molecular weight excluding hydrogens is 480 g/mol. The first kappa shape index (κ1) is 30.1. The predicted molar refractivity (Wildman–Crippen MR) is 123 cm³/mol. The Kier molecular flexibility index (Phi) is 12.1. The van der Waals surface area contributed by atoms with E-state index in [2.05, 4.69) is 0 Å². The van der Waals surface area contributed by atoms with Crippen molar-refractivity contribution in [2.24, 2.45) is 0 Å². The van der Waals surface area contributed by atoms with Crippen molar-refractivity contribution in [3.8, 4) is 0 Å². The lowest BCUT2D eigenvalue weighted by atomic mass is 9.85. The number of esters is 3. The van der Waals surface area contributed by atoms with Crippen LogP contribution in [0.5, 0.6) is 0 Å². The summed E-state index contributed by atoms with van der Waals surface area (Å²) >= 11 is 0. The molecule has 12 heteroatoms. The molecule has 12 nitrogen and oxygen atoms in total. The molecule has 0 bridgehead atoms. The summed E-state index contributed by atoms with van der Waals surface area (Å²) in [5.41, 5.74) is -7.21. The van der Waals surface area contributed by atoms with E-state index in [1.165, 1.54) is 0 Å². The molecule has 0 heterocycles. The van der Waals surface area contributed by atoms with Crippen LogP contribution in [0.15, 0.2) is 0 Å². The van der Waals surface area contributed by atoms with Crippen LogP contribution in [0.25, 0.3) is 0 Å². The third-order valence-electron chi connectivity index (χ3n) is 4.95. The summed E-state index contributed by atoms with van der Waals surface area (Å²) in [5, 5.41) is 29.4. The Morgan fingerprint density at radius 3 is 0.917 bits per heavy atom. The molecule has 0 fully saturated rings. The molecule has 1 aromatic carbocycles. The summed E-state index contributed by atoms with van der Waals surface area (Å²) in [7, 11) is 0. The quantitative estimate of drug-likeness (QED) is 0.176. The molecule has 36 heavy (non-hydrogen) atoms. The maximum absolute atomic E-state index is 13.1. The number of carboxylic acid groups (broad SMARTS) is 3. The number of ether oxygens (including phenoxy) is 3. The van der Waals surface area contributed by atoms with Gasteiger partial charge in [0.2, 0.25) is 0 Å². The fraction of sp³-hybridized carbons (Fsp3) is 0.500. The van der Waals surface area contributed by atoms with Crippen molar-refractivity contribution in [1.82, 2.24) is 0 Å². The minimum atomic E-state index is -2.05. The molecule has 0 unspecified atom stereocenters. The molecule has 0 aliphatic carbocycles. The van der Waals surface area contributed by atoms with Gasteiger partial charge < -0.3 is 29.5 Å². The maximum Gasteiger partial charge on any atom is 0.339 e. The Bertz CT molecular complexity index is 963. The Balaban J connectivity index is 4.18. The van der Waals surface area contributed by atoms with E-state index in [0.29, 0.717) is 38.5 Å². The van der Waals surface area contributed by atoms with Crippen molar-refractivity contribution in [1.29, 1.82) is 0 Å². The molecule has 0 saturated heterocycles. The number of hydrogen-bond donors (Lipinski definition) is 3. The second-order valence-electron chi connectivity index (χ2n) is 7.63. The maximum atomic E-state index is 13.1. The van der Waals surface area contributed by atoms with Gasteiger partial charge in [-0.05, 0) is 19.3 Å². The smallest absolute Gasteiger partial charge is 0.339 e. The number of carboxylic acids is 3. The number of carbonyl (C=O) groups is 6.